The van der Waals surface area contributed by atoms with Crippen LogP contribution in [0.1, 0.15) is 39.2 Å². The molecule has 0 aromatic heterocycles. The Balaban J connectivity index is 1.87. The second kappa shape index (κ2) is 9.17. The van der Waals surface area contributed by atoms with Gasteiger partial charge in [0.2, 0.25) is 6.08 Å². The summed E-state index contributed by atoms with van der Waals surface area (Å²) in [5.74, 6) is 0.211. The quantitative estimate of drug-likeness (QED) is 0.568. The van der Waals surface area contributed by atoms with Crippen molar-refractivity contribution in [3.05, 3.63) is 34.9 Å². The summed E-state index contributed by atoms with van der Waals surface area (Å²) in [4.78, 5) is 28.3. The number of rotatable bonds is 5. The third-order valence-corrected chi connectivity index (χ3v) is 4.30. The highest BCUT2D eigenvalue weighted by atomic mass is 35.5. The number of hydrogen-bond donors (Lipinski definition) is 0. The summed E-state index contributed by atoms with van der Waals surface area (Å²) in [5.41, 5.74) is 0.452. The molecular formula is C19H25ClN2O4. The van der Waals surface area contributed by atoms with E-state index in [9.17, 15) is 9.59 Å². The van der Waals surface area contributed by atoms with Crippen LogP contribution in [0.25, 0.3) is 0 Å². The minimum absolute atomic E-state index is 0.211. The molecule has 0 aliphatic carbocycles. The number of likely N-dealkylation sites (tertiary alicyclic amines) is 1. The van der Waals surface area contributed by atoms with Gasteiger partial charge < -0.3 is 9.47 Å². The minimum Gasteiger partial charge on any atom is -0.444 e. The molecular weight excluding hydrogens is 356 g/mol. The van der Waals surface area contributed by atoms with Crippen LogP contribution in [0, 0.1) is 5.92 Å². The number of benzene rings is 1. The molecule has 7 heteroatoms. The molecule has 142 valence electrons. The monoisotopic (exact) mass is 380 g/mol. The van der Waals surface area contributed by atoms with E-state index in [1.54, 1.807) is 26.9 Å². The van der Waals surface area contributed by atoms with E-state index in [4.69, 9.17) is 21.1 Å². The zero-order valence-electron chi connectivity index (χ0n) is 15.4. The molecule has 0 radical (unpaired) electrons. The summed E-state index contributed by atoms with van der Waals surface area (Å²) < 4.78 is 11.2. The molecule has 0 saturated carbocycles. The number of piperidine rings is 1. The molecule has 6 nitrogen and oxygen atoms in total. The summed E-state index contributed by atoms with van der Waals surface area (Å²) in [6.07, 6.45) is 1.87. The average molecular weight is 381 g/mol. The van der Waals surface area contributed by atoms with Gasteiger partial charge in [-0.25, -0.2) is 9.59 Å². The fraction of sp³-hybridized carbons (Fsp3) is 0.579. The van der Waals surface area contributed by atoms with Crippen molar-refractivity contribution in [1.82, 2.24) is 4.90 Å². The molecule has 0 bridgehead atoms. The number of nitrogens with zero attached hydrogens (tertiary/aromatic N) is 2. The highest BCUT2D eigenvalue weighted by Gasteiger charge is 2.34. The molecule has 2 unspecified atom stereocenters. The van der Waals surface area contributed by atoms with Crippen molar-refractivity contribution >= 4 is 23.8 Å². The van der Waals surface area contributed by atoms with Gasteiger partial charge >= 0.3 is 6.09 Å². The number of carbonyl (C=O) groups is 1. The molecule has 0 N–H and O–H groups in total. The third kappa shape index (κ3) is 6.45. The maximum atomic E-state index is 12.3. The van der Waals surface area contributed by atoms with Crippen LogP contribution in [0.15, 0.2) is 29.3 Å². The van der Waals surface area contributed by atoms with Crippen LogP contribution in [0.4, 0.5) is 4.79 Å². The first-order valence-electron chi connectivity index (χ1n) is 8.67. The van der Waals surface area contributed by atoms with Crippen molar-refractivity contribution in [1.29, 1.82) is 0 Å². The second-order valence-corrected chi connectivity index (χ2v) is 7.84. The smallest absolute Gasteiger partial charge is 0.412 e. The van der Waals surface area contributed by atoms with Crippen molar-refractivity contribution in [3.8, 4) is 0 Å². The number of hydrogen-bond acceptors (Lipinski definition) is 5. The molecule has 1 amide bonds. The van der Waals surface area contributed by atoms with Crippen LogP contribution < -0.4 is 0 Å². The van der Waals surface area contributed by atoms with E-state index in [0.717, 1.165) is 12.0 Å². The Morgan fingerprint density at radius 1 is 1.35 bits per heavy atom. The molecule has 1 aromatic carbocycles. The van der Waals surface area contributed by atoms with Crippen LogP contribution in [-0.4, -0.2) is 42.0 Å². The second-order valence-electron chi connectivity index (χ2n) is 7.41. The lowest BCUT2D eigenvalue weighted by Crippen LogP contribution is -2.47. The fourth-order valence-electron chi connectivity index (χ4n) is 2.81. The van der Waals surface area contributed by atoms with Gasteiger partial charge in [0.05, 0.1) is 13.2 Å². The Hall–Kier alpha value is -1.88. The van der Waals surface area contributed by atoms with Gasteiger partial charge in [-0.15, -0.1) is 0 Å². The van der Waals surface area contributed by atoms with E-state index < -0.39 is 17.9 Å². The summed E-state index contributed by atoms with van der Waals surface area (Å²) >= 11 is 5.87. The van der Waals surface area contributed by atoms with Gasteiger partial charge in [-0.2, -0.15) is 4.99 Å². The lowest BCUT2D eigenvalue weighted by atomic mass is 9.95. The molecule has 2 atom stereocenters. The van der Waals surface area contributed by atoms with E-state index in [1.807, 2.05) is 24.3 Å². The molecule has 1 aliphatic rings. The molecule has 1 aliphatic heterocycles. The molecule has 1 aromatic rings. The lowest BCUT2D eigenvalue weighted by molar-refractivity contribution is -0.00432. The van der Waals surface area contributed by atoms with Gasteiger partial charge in [0.25, 0.3) is 0 Å². The molecule has 26 heavy (non-hydrogen) atoms. The first-order valence-corrected chi connectivity index (χ1v) is 9.05. The summed E-state index contributed by atoms with van der Waals surface area (Å²) in [6, 6.07) is 7.50. The molecule has 1 heterocycles. The largest absolute Gasteiger partial charge is 0.444 e. The number of carbonyl (C=O) groups excluding carboxylic acids is 2. The lowest BCUT2D eigenvalue weighted by Gasteiger charge is -2.37. The van der Waals surface area contributed by atoms with E-state index >= 15 is 0 Å². The number of isocyanates is 1. The van der Waals surface area contributed by atoms with Gasteiger partial charge in [0.15, 0.2) is 0 Å². The van der Waals surface area contributed by atoms with Crippen molar-refractivity contribution in [2.24, 2.45) is 10.9 Å². The Kier molecular flexibility index (Phi) is 7.21. The summed E-state index contributed by atoms with van der Waals surface area (Å²) in [6.45, 7) is 6.92. The van der Waals surface area contributed by atoms with E-state index in [1.165, 1.54) is 4.90 Å². The third-order valence-electron chi connectivity index (χ3n) is 4.05. The van der Waals surface area contributed by atoms with Gasteiger partial charge in [-0.3, -0.25) is 4.90 Å². The summed E-state index contributed by atoms with van der Waals surface area (Å²) in [5, 5.41) is 0.692. The van der Waals surface area contributed by atoms with Gasteiger partial charge in [-0.1, -0.05) is 23.7 Å². The van der Waals surface area contributed by atoms with Crippen LogP contribution in [0.5, 0.6) is 0 Å². The topological polar surface area (TPSA) is 68.2 Å². The van der Waals surface area contributed by atoms with Crippen molar-refractivity contribution in [3.63, 3.8) is 0 Å². The number of halogens is 1. The number of ether oxygens (including phenoxy) is 2. The van der Waals surface area contributed by atoms with E-state index in [2.05, 4.69) is 4.99 Å². The number of amides is 1. The van der Waals surface area contributed by atoms with Crippen LogP contribution in [0.3, 0.4) is 0 Å². The van der Waals surface area contributed by atoms with Crippen LogP contribution >= 0.6 is 11.6 Å². The Bertz CT molecular complexity index is 650. The maximum absolute atomic E-state index is 12.3. The van der Waals surface area contributed by atoms with Crippen LogP contribution in [0.2, 0.25) is 5.02 Å². The fourth-order valence-corrected chi connectivity index (χ4v) is 2.93. The molecule has 2 rings (SSSR count). The van der Waals surface area contributed by atoms with Gasteiger partial charge in [0.1, 0.15) is 11.8 Å². The Morgan fingerprint density at radius 2 is 2.04 bits per heavy atom. The first kappa shape index (κ1) is 20.4. The standard InChI is InChI=1S/C19H25ClN2O4/c1-19(2,3)26-18(24)22-9-8-15(10-17(22)21-13-23)12-25-11-14-4-6-16(20)7-5-14/h4-7,15,17H,8-12H2,1-3H3. The average Bonchev–Trinajstić information content (AvgIpc) is 2.55. The predicted molar refractivity (Wildman–Crippen MR) is 98.7 cm³/mol. The van der Waals surface area contributed by atoms with Crippen molar-refractivity contribution in [2.45, 2.75) is 52.0 Å². The normalized spacial score (nSPS) is 20.4. The van der Waals surface area contributed by atoms with Crippen LogP contribution in [-0.2, 0) is 20.9 Å². The van der Waals surface area contributed by atoms with Gasteiger partial charge in [0, 0.05) is 11.6 Å². The minimum atomic E-state index is -0.592. The Labute approximate surface area is 159 Å². The highest BCUT2D eigenvalue weighted by Crippen LogP contribution is 2.26. The van der Waals surface area contributed by atoms with E-state index in [0.29, 0.717) is 31.2 Å². The van der Waals surface area contributed by atoms with Crippen molar-refractivity contribution < 1.29 is 19.1 Å². The zero-order chi connectivity index (χ0) is 19.2. The predicted octanol–water partition coefficient (Wildman–Crippen LogP) is 4.17. The maximum Gasteiger partial charge on any atom is 0.412 e. The van der Waals surface area contributed by atoms with Gasteiger partial charge in [-0.05, 0) is 57.2 Å². The molecule has 1 fully saturated rings. The number of aliphatic imine (C=N–C) groups is 1. The van der Waals surface area contributed by atoms with Crippen molar-refractivity contribution in [2.75, 3.05) is 13.2 Å². The molecule has 0 spiro atoms. The first-order chi connectivity index (χ1) is 12.3. The Morgan fingerprint density at radius 3 is 2.65 bits per heavy atom. The summed E-state index contributed by atoms with van der Waals surface area (Å²) in [7, 11) is 0. The van der Waals surface area contributed by atoms with E-state index in [-0.39, 0.29) is 5.92 Å². The SMILES string of the molecule is CC(C)(C)OC(=O)N1CCC(COCc2ccc(Cl)cc2)CC1N=C=O. The zero-order valence-corrected chi connectivity index (χ0v) is 16.2. The molecule has 1 saturated heterocycles. The highest BCUT2D eigenvalue weighted by molar-refractivity contribution is 6.30.